The molecule has 0 fully saturated rings. The van der Waals surface area contributed by atoms with Crippen LogP contribution in [0.25, 0.3) is 0 Å². The van der Waals surface area contributed by atoms with Gasteiger partial charge >= 0.3 is 0 Å². The Hall–Kier alpha value is -0.910. The minimum atomic E-state index is -0.210. The van der Waals surface area contributed by atoms with E-state index in [0.29, 0.717) is 13.2 Å². The van der Waals surface area contributed by atoms with Gasteiger partial charge in [0.15, 0.2) is 0 Å². The normalized spacial score (nSPS) is 10.7. The molecule has 1 N–H and O–H groups in total. The zero-order valence-corrected chi connectivity index (χ0v) is 14.8. The van der Waals surface area contributed by atoms with Crippen LogP contribution in [0.3, 0.4) is 0 Å². The molecule has 0 heterocycles. The molecule has 0 spiro atoms. The van der Waals surface area contributed by atoms with Crippen LogP contribution in [0.15, 0.2) is 45.3 Å². The molecular formula is C16H16Br2FNO. The van der Waals surface area contributed by atoms with E-state index in [4.69, 9.17) is 4.74 Å². The second-order valence-corrected chi connectivity index (χ2v) is 6.26. The first-order valence-electron chi connectivity index (χ1n) is 6.66. The number of halogens is 3. The van der Waals surface area contributed by atoms with Crippen LogP contribution >= 0.6 is 31.9 Å². The highest BCUT2D eigenvalue weighted by Crippen LogP contribution is 2.34. The van der Waals surface area contributed by atoms with Gasteiger partial charge in [0.25, 0.3) is 0 Å². The molecule has 0 saturated heterocycles. The highest BCUT2D eigenvalue weighted by molar-refractivity contribution is 9.11. The van der Waals surface area contributed by atoms with Crippen molar-refractivity contribution in [3.8, 4) is 5.75 Å². The standard InChI is InChI=1S/C16H16Br2FNO/c1-2-21-16-14(17)7-12(8-15(16)18)10-20-9-11-3-5-13(19)6-4-11/h3-8,20H,2,9-10H2,1H3. The Balaban J connectivity index is 1.95. The minimum Gasteiger partial charge on any atom is -0.492 e. The third kappa shape index (κ3) is 4.80. The molecule has 2 aromatic carbocycles. The summed E-state index contributed by atoms with van der Waals surface area (Å²) in [5, 5.41) is 3.34. The van der Waals surface area contributed by atoms with Crippen molar-refractivity contribution < 1.29 is 9.13 Å². The largest absolute Gasteiger partial charge is 0.492 e. The fraction of sp³-hybridized carbons (Fsp3) is 0.250. The Morgan fingerprint density at radius 1 is 1.00 bits per heavy atom. The van der Waals surface area contributed by atoms with Crippen LogP contribution in [-0.4, -0.2) is 6.61 Å². The smallest absolute Gasteiger partial charge is 0.147 e. The summed E-state index contributed by atoms with van der Waals surface area (Å²) in [5.74, 6) is 0.609. The first-order valence-corrected chi connectivity index (χ1v) is 8.24. The lowest BCUT2D eigenvalue weighted by Crippen LogP contribution is -2.12. The number of benzene rings is 2. The first kappa shape index (κ1) is 16.5. The van der Waals surface area contributed by atoms with E-state index < -0.39 is 0 Å². The molecule has 2 aromatic rings. The molecule has 0 radical (unpaired) electrons. The maximum Gasteiger partial charge on any atom is 0.147 e. The fourth-order valence-electron chi connectivity index (χ4n) is 1.95. The average molecular weight is 417 g/mol. The maximum atomic E-state index is 12.8. The van der Waals surface area contributed by atoms with Gasteiger partial charge in [-0.2, -0.15) is 0 Å². The van der Waals surface area contributed by atoms with Gasteiger partial charge in [0.2, 0.25) is 0 Å². The second-order valence-electron chi connectivity index (χ2n) is 4.55. The molecule has 5 heteroatoms. The van der Waals surface area contributed by atoms with Gasteiger partial charge in [-0.05, 0) is 74.2 Å². The third-order valence-corrected chi connectivity index (χ3v) is 4.10. The summed E-state index contributed by atoms with van der Waals surface area (Å²) in [6.45, 7) is 4.00. The number of nitrogens with one attached hydrogen (secondary N) is 1. The van der Waals surface area contributed by atoms with Gasteiger partial charge in [0.05, 0.1) is 15.6 Å². The van der Waals surface area contributed by atoms with Crippen molar-refractivity contribution in [2.24, 2.45) is 0 Å². The number of hydrogen-bond acceptors (Lipinski definition) is 2. The van der Waals surface area contributed by atoms with Gasteiger partial charge < -0.3 is 10.1 Å². The van der Waals surface area contributed by atoms with Crippen LogP contribution in [0.4, 0.5) is 4.39 Å². The van der Waals surface area contributed by atoms with E-state index in [2.05, 4.69) is 37.2 Å². The van der Waals surface area contributed by atoms with E-state index in [1.54, 1.807) is 12.1 Å². The van der Waals surface area contributed by atoms with Gasteiger partial charge in [-0.1, -0.05) is 12.1 Å². The topological polar surface area (TPSA) is 21.3 Å². The number of ether oxygens (including phenoxy) is 1. The lowest BCUT2D eigenvalue weighted by Gasteiger charge is -2.11. The van der Waals surface area contributed by atoms with Crippen molar-refractivity contribution in [1.29, 1.82) is 0 Å². The van der Waals surface area contributed by atoms with Gasteiger partial charge in [0, 0.05) is 13.1 Å². The summed E-state index contributed by atoms with van der Waals surface area (Å²) in [7, 11) is 0. The van der Waals surface area contributed by atoms with Gasteiger partial charge in [-0.25, -0.2) is 4.39 Å². The minimum absolute atomic E-state index is 0.210. The summed E-state index contributed by atoms with van der Waals surface area (Å²) >= 11 is 7.04. The molecule has 21 heavy (non-hydrogen) atoms. The fourth-order valence-corrected chi connectivity index (χ4v) is 3.46. The molecule has 0 aliphatic heterocycles. The summed E-state index contributed by atoms with van der Waals surface area (Å²) < 4.78 is 20.2. The Morgan fingerprint density at radius 3 is 2.14 bits per heavy atom. The van der Waals surface area contributed by atoms with Crippen LogP contribution in [-0.2, 0) is 13.1 Å². The zero-order valence-electron chi connectivity index (χ0n) is 11.6. The molecule has 0 unspecified atom stereocenters. The molecular weight excluding hydrogens is 401 g/mol. The van der Waals surface area contributed by atoms with Gasteiger partial charge in [-0.15, -0.1) is 0 Å². The molecule has 0 aromatic heterocycles. The summed E-state index contributed by atoms with van der Waals surface area (Å²) in [4.78, 5) is 0. The van der Waals surface area contributed by atoms with Crippen molar-refractivity contribution >= 4 is 31.9 Å². The lowest BCUT2D eigenvalue weighted by molar-refractivity contribution is 0.336. The van der Waals surface area contributed by atoms with Crippen molar-refractivity contribution in [3.63, 3.8) is 0 Å². The summed E-state index contributed by atoms with van der Waals surface area (Å²) in [6, 6.07) is 10.6. The predicted octanol–water partition coefficient (Wildman–Crippen LogP) is 5.04. The highest BCUT2D eigenvalue weighted by atomic mass is 79.9. The monoisotopic (exact) mass is 415 g/mol. The molecule has 2 nitrogen and oxygen atoms in total. The van der Waals surface area contributed by atoms with Crippen LogP contribution in [0.5, 0.6) is 5.75 Å². The summed E-state index contributed by atoms with van der Waals surface area (Å²) in [5.41, 5.74) is 2.19. The molecule has 0 saturated carbocycles. The quantitative estimate of drug-likeness (QED) is 0.712. The Labute approximate surface area is 141 Å². The van der Waals surface area contributed by atoms with Crippen LogP contribution in [0, 0.1) is 5.82 Å². The molecule has 0 aliphatic carbocycles. The Morgan fingerprint density at radius 2 is 1.57 bits per heavy atom. The predicted molar refractivity (Wildman–Crippen MR) is 90.0 cm³/mol. The van der Waals surface area contributed by atoms with Crippen LogP contribution in [0.2, 0.25) is 0 Å². The molecule has 0 bridgehead atoms. The van der Waals surface area contributed by atoms with Crippen molar-refractivity contribution in [1.82, 2.24) is 5.32 Å². The van der Waals surface area contributed by atoms with E-state index in [9.17, 15) is 4.39 Å². The first-order chi connectivity index (χ1) is 10.1. The summed E-state index contributed by atoms with van der Waals surface area (Å²) in [6.07, 6.45) is 0. The molecule has 0 aliphatic rings. The highest BCUT2D eigenvalue weighted by Gasteiger charge is 2.08. The Bertz CT molecular complexity index is 579. The van der Waals surface area contributed by atoms with Crippen LogP contribution < -0.4 is 10.1 Å². The van der Waals surface area contributed by atoms with Crippen molar-refractivity contribution in [3.05, 3.63) is 62.3 Å². The number of hydrogen-bond donors (Lipinski definition) is 1. The number of rotatable bonds is 6. The van der Waals surface area contributed by atoms with E-state index >= 15 is 0 Å². The van der Waals surface area contributed by atoms with E-state index in [1.807, 2.05) is 19.1 Å². The molecule has 2 rings (SSSR count). The molecule has 112 valence electrons. The maximum absolute atomic E-state index is 12.8. The second kappa shape index (κ2) is 7.92. The van der Waals surface area contributed by atoms with Crippen LogP contribution in [0.1, 0.15) is 18.1 Å². The zero-order chi connectivity index (χ0) is 15.2. The molecule has 0 amide bonds. The average Bonchev–Trinajstić information content (AvgIpc) is 2.45. The van der Waals surface area contributed by atoms with E-state index in [1.165, 1.54) is 12.1 Å². The lowest BCUT2D eigenvalue weighted by atomic mass is 10.2. The Kier molecular flexibility index (Phi) is 6.21. The van der Waals surface area contributed by atoms with Crippen molar-refractivity contribution in [2.45, 2.75) is 20.0 Å². The van der Waals surface area contributed by atoms with Gasteiger partial charge in [0.1, 0.15) is 11.6 Å². The van der Waals surface area contributed by atoms with E-state index in [0.717, 1.165) is 32.4 Å². The SMILES string of the molecule is CCOc1c(Br)cc(CNCc2ccc(F)cc2)cc1Br. The van der Waals surface area contributed by atoms with Crippen molar-refractivity contribution in [2.75, 3.05) is 6.61 Å². The third-order valence-electron chi connectivity index (χ3n) is 2.92. The molecule has 0 atom stereocenters. The van der Waals surface area contributed by atoms with Gasteiger partial charge in [-0.3, -0.25) is 0 Å². The van der Waals surface area contributed by atoms with E-state index in [-0.39, 0.29) is 5.82 Å².